The highest BCUT2D eigenvalue weighted by molar-refractivity contribution is 5.78. The lowest BCUT2D eigenvalue weighted by Gasteiger charge is -2.34. The molecule has 1 heterocycles. The molecule has 0 bridgehead atoms. The third-order valence-corrected chi connectivity index (χ3v) is 4.29. The second-order valence-corrected chi connectivity index (χ2v) is 5.93. The van der Waals surface area contributed by atoms with E-state index in [1.165, 1.54) is 25.3 Å². The molecule has 1 amide bonds. The van der Waals surface area contributed by atoms with E-state index in [9.17, 15) is 19.7 Å². The van der Waals surface area contributed by atoms with Crippen LogP contribution < -0.4 is 9.47 Å². The van der Waals surface area contributed by atoms with E-state index >= 15 is 0 Å². The fourth-order valence-corrected chi connectivity index (χ4v) is 2.87. The maximum absolute atomic E-state index is 12.2. The van der Waals surface area contributed by atoms with Gasteiger partial charge in [-0.25, -0.2) is 0 Å². The summed E-state index contributed by atoms with van der Waals surface area (Å²) in [5.41, 5.74) is -0.189. The van der Waals surface area contributed by atoms with E-state index in [4.69, 9.17) is 14.6 Å². The summed E-state index contributed by atoms with van der Waals surface area (Å²) in [5.74, 6) is -1.34. The molecule has 1 fully saturated rings. The molecule has 0 saturated carbocycles. The minimum atomic E-state index is -0.839. The molecule has 0 aromatic heterocycles. The van der Waals surface area contributed by atoms with Crippen LogP contribution in [0.4, 0.5) is 5.69 Å². The second kappa shape index (κ2) is 7.82. The van der Waals surface area contributed by atoms with E-state index in [0.29, 0.717) is 19.5 Å². The molecule has 2 unspecified atom stereocenters. The molecule has 0 radical (unpaired) electrons. The summed E-state index contributed by atoms with van der Waals surface area (Å²) in [6.45, 7) is 2.31. The quantitative estimate of drug-likeness (QED) is 0.609. The van der Waals surface area contributed by atoms with Gasteiger partial charge in [-0.05, 0) is 18.4 Å². The predicted molar refractivity (Wildman–Crippen MR) is 86.6 cm³/mol. The van der Waals surface area contributed by atoms with Crippen molar-refractivity contribution < 1.29 is 29.1 Å². The number of carboxylic acid groups (broad SMARTS) is 1. The van der Waals surface area contributed by atoms with Crippen molar-refractivity contribution >= 4 is 17.6 Å². The normalized spacial score (nSPS) is 20.0. The van der Waals surface area contributed by atoms with E-state index in [1.54, 1.807) is 11.8 Å². The van der Waals surface area contributed by atoms with Crippen molar-refractivity contribution in [3.05, 3.63) is 28.3 Å². The lowest BCUT2D eigenvalue weighted by atomic mass is 9.87. The Morgan fingerprint density at radius 3 is 2.72 bits per heavy atom. The topological polar surface area (TPSA) is 119 Å². The average Bonchev–Trinajstić information content (AvgIpc) is 2.58. The molecule has 25 heavy (non-hydrogen) atoms. The van der Waals surface area contributed by atoms with Gasteiger partial charge in [-0.1, -0.05) is 6.92 Å². The Labute approximate surface area is 144 Å². The Morgan fingerprint density at radius 1 is 1.44 bits per heavy atom. The third-order valence-electron chi connectivity index (χ3n) is 4.29. The molecule has 1 aromatic rings. The number of carboxylic acids is 1. The molecular weight excluding hydrogens is 332 g/mol. The molecule has 136 valence electrons. The van der Waals surface area contributed by atoms with Crippen LogP contribution in [0.2, 0.25) is 0 Å². The van der Waals surface area contributed by atoms with Crippen LogP contribution in [0.25, 0.3) is 0 Å². The smallest absolute Gasteiger partial charge is 0.311 e. The number of methoxy groups -OCH3 is 1. The van der Waals surface area contributed by atoms with Crippen molar-refractivity contribution in [1.82, 2.24) is 4.90 Å². The lowest BCUT2D eigenvalue weighted by molar-refractivity contribution is -0.385. The molecule has 9 heteroatoms. The molecule has 2 atom stereocenters. The molecule has 0 aliphatic carbocycles. The number of amides is 1. The number of hydrogen-bond acceptors (Lipinski definition) is 6. The highest BCUT2D eigenvalue weighted by Gasteiger charge is 2.33. The summed E-state index contributed by atoms with van der Waals surface area (Å²) < 4.78 is 10.3. The Balaban J connectivity index is 1.94. The Hall–Kier alpha value is -2.84. The van der Waals surface area contributed by atoms with Crippen molar-refractivity contribution in [3.63, 3.8) is 0 Å². The molecule has 1 aromatic carbocycles. The third kappa shape index (κ3) is 4.37. The minimum Gasteiger partial charge on any atom is -0.490 e. The van der Waals surface area contributed by atoms with Crippen molar-refractivity contribution in [2.75, 3.05) is 26.8 Å². The number of likely N-dealkylation sites (tertiary alicyclic amines) is 1. The minimum absolute atomic E-state index is 0.0471. The fraction of sp³-hybridized carbons (Fsp3) is 0.500. The van der Waals surface area contributed by atoms with Crippen LogP contribution in [0.15, 0.2) is 18.2 Å². The Kier molecular flexibility index (Phi) is 5.79. The zero-order chi connectivity index (χ0) is 18.6. The number of hydrogen-bond donors (Lipinski definition) is 1. The van der Waals surface area contributed by atoms with Gasteiger partial charge in [0.15, 0.2) is 6.61 Å². The summed E-state index contributed by atoms with van der Waals surface area (Å²) in [6, 6.07) is 4.00. The van der Waals surface area contributed by atoms with E-state index < -0.39 is 16.8 Å². The standard InChI is InChI=1S/C16H20N2O7/c1-10-8-17(6-5-12(10)16(20)21)15(19)9-25-11-3-4-13(18(22)23)14(7-11)24-2/h3-4,7,10,12H,5-6,8-9H2,1-2H3,(H,20,21). The van der Waals surface area contributed by atoms with Gasteiger partial charge in [0, 0.05) is 25.2 Å². The number of carbonyl (C=O) groups excluding carboxylic acids is 1. The molecule has 1 aliphatic heterocycles. The van der Waals surface area contributed by atoms with Crippen molar-refractivity contribution in [2.45, 2.75) is 13.3 Å². The first-order valence-corrected chi connectivity index (χ1v) is 7.79. The Morgan fingerprint density at radius 2 is 2.16 bits per heavy atom. The van der Waals surface area contributed by atoms with Gasteiger partial charge < -0.3 is 19.5 Å². The number of ether oxygens (including phenoxy) is 2. The van der Waals surface area contributed by atoms with Gasteiger partial charge in [-0.3, -0.25) is 19.7 Å². The van der Waals surface area contributed by atoms with Gasteiger partial charge in [0.2, 0.25) is 5.75 Å². The molecule has 0 spiro atoms. The zero-order valence-electron chi connectivity index (χ0n) is 14.0. The van der Waals surface area contributed by atoms with Crippen molar-refractivity contribution in [2.24, 2.45) is 11.8 Å². The van der Waals surface area contributed by atoms with Gasteiger partial charge in [0.1, 0.15) is 5.75 Å². The molecule has 2 rings (SSSR count). The summed E-state index contributed by atoms with van der Waals surface area (Å²) in [4.78, 5) is 35.2. The van der Waals surface area contributed by atoms with Crippen LogP contribution >= 0.6 is 0 Å². The number of nitrogens with zero attached hydrogens (tertiary/aromatic N) is 2. The number of piperidine rings is 1. The first kappa shape index (κ1) is 18.5. The summed E-state index contributed by atoms with van der Waals surface area (Å²) in [7, 11) is 1.31. The average molecular weight is 352 g/mol. The van der Waals surface area contributed by atoms with Crippen LogP contribution in [0, 0.1) is 22.0 Å². The van der Waals surface area contributed by atoms with Crippen LogP contribution in [0.1, 0.15) is 13.3 Å². The van der Waals surface area contributed by atoms with Crippen molar-refractivity contribution in [1.29, 1.82) is 0 Å². The van der Waals surface area contributed by atoms with Gasteiger partial charge in [0.25, 0.3) is 5.91 Å². The predicted octanol–water partition coefficient (Wildman–Crippen LogP) is 1.55. The largest absolute Gasteiger partial charge is 0.490 e. The number of nitro benzene ring substituents is 1. The number of benzene rings is 1. The molecule has 1 aliphatic rings. The van der Waals surface area contributed by atoms with Gasteiger partial charge in [-0.15, -0.1) is 0 Å². The molecule has 1 saturated heterocycles. The molecule has 1 N–H and O–H groups in total. The SMILES string of the molecule is COc1cc(OCC(=O)N2CCC(C(=O)O)C(C)C2)ccc1[N+](=O)[O-]. The van der Waals surface area contributed by atoms with Crippen molar-refractivity contribution in [3.8, 4) is 11.5 Å². The second-order valence-electron chi connectivity index (χ2n) is 5.93. The number of nitro groups is 1. The monoisotopic (exact) mass is 352 g/mol. The van der Waals surface area contributed by atoms with Crippen LogP contribution in [-0.4, -0.2) is 53.6 Å². The highest BCUT2D eigenvalue weighted by atomic mass is 16.6. The van der Waals surface area contributed by atoms with Crippen LogP contribution in [0.3, 0.4) is 0 Å². The first-order chi connectivity index (χ1) is 11.8. The summed E-state index contributed by atoms with van der Waals surface area (Å²) in [5, 5.41) is 20.0. The molecular formula is C16H20N2O7. The van der Waals surface area contributed by atoms with Gasteiger partial charge in [0.05, 0.1) is 18.0 Å². The lowest BCUT2D eigenvalue weighted by Crippen LogP contribution is -2.46. The Bertz CT molecular complexity index is 676. The maximum Gasteiger partial charge on any atom is 0.311 e. The first-order valence-electron chi connectivity index (χ1n) is 7.79. The summed E-state index contributed by atoms with van der Waals surface area (Å²) >= 11 is 0. The fourth-order valence-electron chi connectivity index (χ4n) is 2.87. The van der Waals surface area contributed by atoms with Gasteiger partial charge >= 0.3 is 11.7 Å². The number of aliphatic carboxylic acids is 1. The zero-order valence-corrected chi connectivity index (χ0v) is 14.0. The maximum atomic E-state index is 12.2. The van der Waals surface area contributed by atoms with E-state index in [0.717, 1.165) is 0 Å². The van der Waals surface area contributed by atoms with E-state index in [2.05, 4.69) is 0 Å². The van der Waals surface area contributed by atoms with E-state index in [-0.39, 0.29) is 35.6 Å². The van der Waals surface area contributed by atoms with Crippen LogP contribution in [-0.2, 0) is 9.59 Å². The number of carbonyl (C=O) groups is 2. The highest BCUT2D eigenvalue weighted by Crippen LogP contribution is 2.31. The summed E-state index contributed by atoms with van der Waals surface area (Å²) in [6.07, 6.45) is 0.410. The number of rotatable bonds is 6. The van der Waals surface area contributed by atoms with E-state index in [1.807, 2.05) is 0 Å². The van der Waals surface area contributed by atoms with Crippen LogP contribution in [0.5, 0.6) is 11.5 Å². The molecule has 9 nitrogen and oxygen atoms in total. The van der Waals surface area contributed by atoms with Gasteiger partial charge in [-0.2, -0.15) is 0 Å².